The van der Waals surface area contributed by atoms with Gasteiger partial charge in [-0.2, -0.15) is 0 Å². The molecule has 0 aliphatic carbocycles. The summed E-state index contributed by atoms with van der Waals surface area (Å²) in [6.07, 6.45) is 5.36. The van der Waals surface area contributed by atoms with Crippen molar-refractivity contribution in [3.63, 3.8) is 0 Å². The first kappa shape index (κ1) is 15.1. The smallest absolute Gasteiger partial charge is 0.265 e. The van der Waals surface area contributed by atoms with Crippen LogP contribution in [0.3, 0.4) is 0 Å². The average molecular weight is 316 g/mol. The molecular weight excluding hydrogens is 296 g/mol. The lowest BCUT2D eigenvalue weighted by Crippen LogP contribution is -2.42. The van der Waals surface area contributed by atoms with Gasteiger partial charge in [-0.15, -0.1) is 11.3 Å². The molecule has 1 aliphatic rings. The number of carbonyl (C=O) groups is 1. The van der Waals surface area contributed by atoms with E-state index < -0.39 is 0 Å². The molecule has 2 N–H and O–H groups in total. The van der Waals surface area contributed by atoms with Crippen molar-refractivity contribution in [2.45, 2.75) is 25.8 Å². The van der Waals surface area contributed by atoms with Crippen LogP contribution in [0.15, 0.2) is 30.6 Å². The Bertz CT molecular complexity index is 633. The highest BCUT2D eigenvalue weighted by atomic mass is 32.1. The molecule has 1 aliphatic heterocycles. The lowest BCUT2D eigenvalue weighted by atomic mass is 9.91. The van der Waals surface area contributed by atoms with Crippen molar-refractivity contribution in [2.24, 2.45) is 11.7 Å². The number of carbonyl (C=O) groups excluding carboxylic acids is 1. The second-order valence-electron chi connectivity index (χ2n) is 5.73. The molecule has 0 radical (unpaired) electrons. The van der Waals surface area contributed by atoms with Crippen LogP contribution in [-0.2, 0) is 0 Å². The third-order valence-electron chi connectivity index (χ3n) is 4.17. The van der Waals surface area contributed by atoms with Crippen LogP contribution in [0, 0.1) is 5.92 Å². The highest BCUT2D eigenvalue weighted by Crippen LogP contribution is 2.26. The number of hydrogen-bond acceptors (Lipinski definition) is 5. The first-order chi connectivity index (χ1) is 10.6. The van der Waals surface area contributed by atoms with E-state index in [4.69, 9.17) is 5.73 Å². The minimum Gasteiger partial charge on any atom is -0.338 e. The van der Waals surface area contributed by atoms with Gasteiger partial charge < -0.3 is 10.6 Å². The molecule has 6 heteroatoms. The fourth-order valence-corrected chi connectivity index (χ4v) is 3.63. The van der Waals surface area contributed by atoms with Gasteiger partial charge >= 0.3 is 0 Å². The highest BCUT2D eigenvalue weighted by Gasteiger charge is 2.26. The molecule has 1 unspecified atom stereocenters. The number of pyridine rings is 1. The molecular formula is C16H20N4OS. The Labute approximate surface area is 134 Å². The van der Waals surface area contributed by atoms with Gasteiger partial charge in [0.05, 0.1) is 11.9 Å². The van der Waals surface area contributed by atoms with Crippen molar-refractivity contribution in [2.75, 3.05) is 13.1 Å². The van der Waals surface area contributed by atoms with Gasteiger partial charge in [-0.25, -0.2) is 4.98 Å². The van der Waals surface area contributed by atoms with Crippen LogP contribution in [0.2, 0.25) is 0 Å². The lowest BCUT2D eigenvalue weighted by Gasteiger charge is -2.33. The maximum atomic E-state index is 12.6. The zero-order valence-electron chi connectivity index (χ0n) is 12.6. The van der Waals surface area contributed by atoms with Crippen LogP contribution < -0.4 is 5.73 Å². The van der Waals surface area contributed by atoms with Gasteiger partial charge in [0.2, 0.25) is 0 Å². The highest BCUT2D eigenvalue weighted by molar-refractivity contribution is 7.16. The van der Waals surface area contributed by atoms with E-state index in [1.807, 2.05) is 30.0 Å². The molecule has 2 aromatic heterocycles. The fraction of sp³-hybridized carbons (Fsp3) is 0.438. The molecule has 1 fully saturated rings. The van der Waals surface area contributed by atoms with Crippen LogP contribution >= 0.6 is 11.3 Å². The second kappa shape index (κ2) is 6.54. The summed E-state index contributed by atoms with van der Waals surface area (Å²) in [7, 11) is 0. The molecule has 2 aromatic rings. The second-order valence-corrected chi connectivity index (χ2v) is 6.76. The minimum atomic E-state index is 0.0720. The van der Waals surface area contributed by atoms with Gasteiger partial charge in [-0.05, 0) is 37.8 Å². The summed E-state index contributed by atoms with van der Waals surface area (Å²) in [5.74, 6) is 0.595. The van der Waals surface area contributed by atoms with Gasteiger partial charge in [0.25, 0.3) is 5.91 Å². The molecule has 22 heavy (non-hydrogen) atoms. The molecule has 0 spiro atoms. The van der Waals surface area contributed by atoms with E-state index in [1.54, 1.807) is 12.4 Å². The van der Waals surface area contributed by atoms with E-state index in [-0.39, 0.29) is 11.9 Å². The largest absolute Gasteiger partial charge is 0.338 e. The van der Waals surface area contributed by atoms with Gasteiger partial charge in [0.1, 0.15) is 9.88 Å². The molecule has 0 aromatic carbocycles. The Morgan fingerprint density at radius 2 is 2.14 bits per heavy atom. The van der Waals surface area contributed by atoms with Crippen molar-refractivity contribution in [3.05, 3.63) is 35.5 Å². The first-order valence-electron chi connectivity index (χ1n) is 7.57. The molecule has 0 saturated carbocycles. The lowest BCUT2D eigenvalue weighted by molar-refractivity contribution is 0.0685. The summed E-state index contributed by atoms with van der Waals surface area (Å²) in [6, 6.07) is 5.90. The normalized spacial score (nSPS) is 17.5. The van der Waals surface area contributed by atoms with Crippen LogP contribution in [0.4, 0.5) is 0 Å². The maximum absolute atomic E-state index is 12.6. The van der Waals surface area contributed by atoms with Gasteiger partial charge in [0.15, 0.2) is 0 Å². The Morgan fingerprint density at radius 3 is 2.77 bits per heavy atom. The summed E-state index contributed by atoms with van der Waals surface area (Å²) in [5.41, 5.74) is 6.76. The predicted octanol–water partition coefficient (Wildman–Crippen LogP) is 2.40. The number of rotatable bonds is 3. The van der Waals surface area contributed by atoms with Crippen molar-refractivity contribution in [1.82, 2.24) is 14.9 Å². The Kier molecular flexibility index (Phi) is 4.49. The third-order valence-corrected chi connectivity index (χ3v) is 5.18. The molecule has 116 valence electrons. The number of piperidine rings is 1. The maximum Gasteiger partial charge on any atom is 0.265 e. The van der Waals surface area contributed by atoms with Crippen molar-refractivity contribution < 1.29 is 4.79 Å². The Hall–Kier alpha value is -1.79. The number of aromatic nitrogens is 2. The van der Waals surface area contributed by atoms with Crippen LogP contribution in [-0.4, -0.2) is 39.9 Å². The fourth-order valence-electron chi connectivity index (χ4n) is 2.76. The van der Waals surface area contributed by atoms with Crippen LogP contribution in [0.25, 0.3) is 10.7 Å². The van der Waals surface area contributed by atoms with E-state index in [1.165, 1.54) is 11.3 Å². The van der Waals surface area contributed by atoms with Crippen LogP contribution in [0.1, 0.15) is 29.4 Å². The average Bonchev–Trinajstić information content (AvgIpc) is 3.05. The number of thiazole rings is 1. The summed E-state index contributed by atoms with van der Waals surface area (Å²) in [5, 5.41) is 0.786. The van der Waals surface area contributed by atoms with Gasteiger partial charge in [-0.1, -0.05) is 6.07 Å². The van der Waals surface area contributed by atoms with E-state index in [2.05, 4.69) is 9.97 Å². The number of likely N-dealkylation sites (tertiary alicyclic amines) is 1. The molecule has 1 saturated heterocycles. The van der Waals surface area contributed by atoms with E-state index in [0.717, 1.165) is 36.6 Å². The molecule has 1 amide bonds. The van der Waals surface area contributed by atoms with Gasteiger partial charge in [0, 0.05) is 25.3 Å². The Morgan fingerprint density at radius 1 is 1.36 bits per heavy atom. The molecule has 1 atom stereocenters. The zero-order chi connectivity index (χ0) is 15.5. The number of nitrogens with zero attached hydrogens (tertiary/aromatic N) is 3. The molecule has 3 heterocycles. The van der Waals surface area contributed by atoms with Crippen molar-refractivity contribution in [3.8, 4) is 10.7 Å². The molecule has 5 nitrogen and oxygen atoms in total. The molecule has 0 bridgehead atoms. The van der Waals surface area contributed by atoms with Crippen molar-refractivity contribution in [1.29, 1.82) is 0 Å². The number of nitrogens with two attached hydrogens (primary N) is 1. The monoisotopic (exact) mass is 316 g/mol. The predicted molar refractivity (Wildman–Crippen MR) is 87.6 cm³/mol. The first-order valence-corrected chi connectivity index (χ1v) is 8.39. The summed E-state index contributed by atoms with van der Waals surface area (Å²) >= 11 is 1.41. The standard InChI is InChI=1S/C16H20N4OS/c1-11(17)12-5-8-20(9-6-12)16(21)14-10-19-15(22-14)13-4-2-3-7-18-13/h2-4,7,10-12H,5-6,8-9,17H2,1H3. The summed E-state index contributed by atoms with van der Waals surface area (Å²) < 4.78 is 0. The number of amides is 1. The summed E-state index contributed by atoms with van der Waals surface area (Å²) in [6.45, 7) is 3.61. The topological polar surface area (TPSA) is 72.1 Å². The van der Waals surface area contributed by atoms with Crippen molar-refractivity contribution >= 4 is 17.2 Å². The van der Waals surface area contributed by atoms with E-state index in [0.29, 0.717) is 10.8 Å². The third kappa shape index (κ3) is 3.18. The van der Waals surface area contributed by atoms with E-state index in [9.17, 15) is 4.79 Å². The quantitative estimate of drug-likeness (QED) is 0.944. The van der Waals surface area contributed by atoms with E-state index >= 15 is 0 Å². The Balaban J connectivity index is 1.68. The number of hydrogen-bond donors (Lipinski definition) is 1. The summed E-state index contributed by atoms with van der Waals surface area (Å²) in [4.78, 5) is 23.8. The zero-order valence-corrected chi connectivity index (χ0v) is 13.4. The minimum absolute atomic E-state index is 0.0720. The van der Waals surface area contributed by atoms with Crippen LogP contribution in [0.5, 0.6) is 0 Å². The SMILES string of the molecule is CC(N)C1CCN(C(=O)c2cnc(-c3ccccn3)s2)CC1. The van der Waals surface area contributed by atoms with Gasteiger partial charge in [-0.3, -0.25) is 9.78 Å². The molecule has 3 rings (SSSR count).